The second kappa shape index (κ2) is 5.61. The molecule has 0 amide bonds. The van der Waals surface area contributed by atoms with Crippen LogP contribution < -0.4 is 0 Å². The first kappa shape index (κ1) is 14.3. The van der Waals surface area contributed by atoms with Crippen LogP contribution in [0.3, 0.4) is 0 Å². The molecular weight excluding hydrogens is 303 g/mol. The first-order valence-electron chi connectivity index (χ1n) is 6.55. The zero-order valence-electron chi connectivity index (χ0n) is 11.9. The molecule has 0 atom stereocenters. The molecule has 8 heteroatoms. The monoisotopic (exact) mass is 314 g/mol. The van der Waals surface area contributed by atoms with Gasteiger partial charge >= 0.3 is 0 Å². The highest BCUT2D eigenvalue weighted by atomic mass is 32.1. The molecule has 110 valence electrons. The number of rotatable bonds is 3. The molecule has 2 aromatic heterocycles. The summed E-state index contributed by atoms with van der Waals surface area (Å²) in [6.07, 6.45) is 0. The third-order valence-corrected chi connectivity index (χ3v) is 4.18. The third-order valence-electron chi connectivity index (χ3n) is 2.98. The van der Waals surface area contributed by atoms with Gasteiger partial charge in [-0.1, -0.05) is 42.5 Å². The minimum atomic E-state index is -0.394. The molecule has 0 N–H and O–H groups in total. The molecule has 6 nitrogen and oxygen atoms in total. The molecule has 0 unspecified atom stereocenters. The van der Waals surface area contributed by atoms with Gasteiger partial charge in [0.05, 0.1) is 0 Å². The molecule has 0 bridgehead atoms. The maximum atomic E-state index is 13.5. The molecule has 22 heavy (non-hydrogen) atoms. The van der Waals surface area contributed by atoms with Crippen molar-refractivity contribution in [3.8, 4) is 22.5 Å². The average molecular weight is 314 g/mol. The fourth-order valence-electron chi connectivity index (χ4n) is 1.93. The van der Waals surface area contributed by atoms with Gasteiger partial charge in [0.1, 0.15) is 22.6 Å². The summed E-state index contributed by atoms with van der Waals surface area (Å²) >= 11 is 1.37. The Morgan fingerprint density at radius 3 is 2.73 bits per heavy atom. The molecule has 0 radical (unpaired) electrons. The van der Waals surface area contributed by atoms with Crippen molar-refractivity contribution >= 4 is 11.3 Å². The lowest BCUT2D eigenvalue weighted by molar-refractivity contribution is 0.628. The molecule has 0 aliphatic carbocycles. The summed E-state index contributed by atoms with van der Waals surface area (Å²) in [7, 11) is 0. The Morgan fingerprint density at radius 1 is 1.27 bits per heavy atom. The van der Waals surface area contributed by atoms with E-state index >= 15 is 0 Å². The number of aromatic nitrogens is 5. The standard InChI is InChI=1S/C14H11FN6S/c1-8(2)13-18-19-14(22-13)21-12(11(7-16)17-20-21)9-4-3-5-10(15)6-9/h3-6,8H,1-2H3. The molecule has 0 aliphatic rings. The normalized spacial score (nSPS) is 10.9. The highest BCUT2D eigenvalue weighted by Gasteiger charge is 2.20. The van der Waals surface area contributed by atoms with Crippen molar-refractivity contribution in [3.63, 3.8) is 0 Å². The molecule has 1 aromatic carbocycles. The maximum absolute atomic E-state index is 13.5. The Kier molecular flexibility index (Phi) is 3.65. The van der Waals surface area contributed by atoms with E-state index in [4.69, 9.17) is 0 Å². The molecule has 0 saturated heterocycles. The van der Waals surface area contributed by atoms with Crippen LogP contribution in [0.2, 0.25) is 0 Å². The summed E-state index contributed by atoms with van der Waals surface area (Å²) in [5, 5.41) is 26.6. The summed E-state index contributed by atoms with van der Waals surface area (Å²) in [4.78, 5) is 0. The summed E-state index contributed by atoms with van der Waals surface area (Å²) in [5.41, 5.74) is 1.04. The van der Waals surface area contributed by atoms with Crippen LogP contribution in [0, 0.1) is 17.1 Å². The predicted molar refractivity (Wildman–Crippen MR) is 79.0 cm³/mol. The molecule has 0 saturated carbocycles. The van der Waals surface area contributed by atoms with Gasteiger partial charge in [-0.25, -0.2) is 4.39 Å². The Balaban J connectivity index is 2.17. The van der Waals surface area contributed by atoms with E-state index in [1.54, 1.807) is 12.1 Å². The Morgan fingerprint density at radius 2 is 2.09 bits per heavy atom. The molecular formula is C14H11FN6S. The van der Waals surface area contributed by atoms with Gasteiger partial charge in [0.15, 0.2) is 5.69 Å². The minimum Gasteiger partial charge on any atom is -0.207 e. The van der Waals surface area contributed by atoms with Crippen molar-refractivity contribution < 1.29 is 4.39 Å². The number of halogens is 1. The lowest BCUT2D eigenvalue weighted by Crippen LogP contribution is -1.99. The zero-order chi connectivity index (χ0) is 15.7. The van der Waals surface area contributed by atoms with E-state index in [0.29, 0.717) is 16.4 Å². The van der Waals surface area contributed by atoms with Crippen LogP contribution in [0.1, 0.15) is 30.5 Å². The first-order chi connectivity index (χ1) is 10.6. The van der Waals surface area contributed by atoms with Crippen LogP contribution in [0.15, 0.2) is 24.3 Å². The lowest BCUT2D eigenvalue weighted by atomic mass is 10.1. The first-order valence-corrected chi connectivity index (χ1v) is 7.37. The van der Waals surface area contributed by atoms with E-state index in [1.165, 1.54) is 28.2 Å². The van der Waals surface area contributed by atoms with E-state index in [9.17, 15) is 9.65 Å². The Bertz CT molecular complexity index is 860. The van der Waals surface area contributed by atoms with Gasteiger partial charge in [0.2, 0.25) is 5.13 Å². The van der Waals surface area contributed by atoms with Gasteiger partial charge in [-0.2, -0.15) is 9.94 Å². The number of nitrogens with zero attached hydrogens (tertiary/aromatic N) is 6. The Hall–Kier alpha value is -2.66. The number of hydrogen-bond acceptors (Lipinski definition) is 6. The fraction of sp³-hybridized carbons (Fsp3) is 0.214. The predicted octanol–water partition coefficient (Wildman–Crippen LogP) is 2.92. The smallest absolute Gasteiger partial charge is 0.207 e. The van der Waals surface area contributed by atoms with Crippen molar-refractivity contribution in [3.05, 3.63) is 40.8 Å². The van der Waals surface area contributed by atoms with E-state index in [-0.39, 0.29) is 11.6 Å². The van der Waals surface area contributed by atoms with Crippen molar-refractivity contribution in [2.45, 2.75) is 19.8 Å². The van der Waals surface area contributed by atoms with Crippen LogP contribution in [-0.4, -0.2) is 25.2 Å². The quantitative estimate of drug-likeness (QED) is 0.742. The molecule has 0 aliphatic heterocycles. The van der Waals surface area contributed by atoms with Gasteiger partial charge in [-0.05, 0) is 12.1 Å². The number of nitriles is 1. The van der Waals surface area contributed by atoms with Crippen LogP contribution in [0.5, 0.6) is 0 Å². The fourth-order valence-corrected chi connectivity index (χ4v) is 2.73. The topological polar surface area (TPSA) is 80.3 Å². The number of hydrogen-bond donors (Lipinski definition) is 0. The van der Waals surface area contributed by atoms with Crippen LogP contribution in [-0.2, 0) is 0 Å². The van der Waals surface area contributed by atoms with E-state index in [0.717, 1.165) is 5.01 Å². The molecule has 0 fully saturated rings. The maximum Gasteiger partial charge on any atom is 0.234 e. The second-order valence-corrected chi connectivity index (χ2v) is 5.89. The third kappa shape index (κ3) is 2.46. The molecule has 3 aromatic rings. The van der Waals surface area contributed by atoms with Crippen LogP contribution >= 0.6 is 11.3 Å². The largest absolute Gasteiger partial charge is 0.234 e. The highest BCUT2D eigenvalue weighted by Crippen LogP contribution is 2.28. The SMILES string of the molecule is CC(C)c1nnc(-n2nnc(C#N)c2-c2cccc(F)c2)s1. The minimum absolute atomic E-state index is 0.117. The van der Waals surface area contributed by atoms with Crippen molar-refractivity contribution in [1.29, 1.82) is 5.26 Å². The average Bonchev–Trinajstić information content (AvgIpc) is 3.13. The molecule has 2 heterocycles. The van der Waals surface area contributed by atoms with Gasteiger partial charge in [-0.15, -0.1) is 15.3 Å². The summed E-state index contributed by atoms with van der Waals surface area (Å²) in [6, 6.07) is 7.92. The Labute approximate surface area is 129 Å². The second-order valence-electron chi connectivity index (χ2n) is 4.90. The zero-order valence-corrected chi connectivity index (χ0v) is 12.7. The lowest BCUT2D eigenvalue weighted by Gasteiger charge is -2.03. The van der Waals surface area contributed by atoms with Crippen molar-refractivity contribution in [2.75, 3.05) is 0 Å². The van der Waals surface area contributed by atoms with E-state index in [1.807, 2.05) is 19.9 Å². The number of benzene rings is 1. The molecule has 0 spiro atoms. The van der Waals surface area contributed by atoms with E-state index in [2.05, 4.69) is 20.5 Å². The van der Waals surface area contributed by atoms with Crippen molar-refractivity contribution in [2.24, 2.45) is 0 Å². The van der Waals surface area contributed by atoms with Crippen LogP contribution in [0.4, 0.5) is 4.39 Å². The van der Waals surface area contributed by atoms with Gasteiger partial charge in [0.25, 0.3) is 0 Å². The van der Waals surface area contributed by atoms with Crippen LogP contribution in [0.25, 0.3) is 16.4 Å². The van der Waals surface area contributed by atoms with Gasteiger partial charge in [-0.3, -0.25) is 0 Å². The molecule has 3 rings (SSSR count). The summed E-state index contributed by atoms with van der Waals surface area (Å²) in [5.74, 6) is -0.155. The van der Waals surface area contributed by atoms with Gasteiger partial charge < -0.3 is 0 Å². The highest BCUT2D eigenvalue weighted by molar-refractivity contribution is 7.13. The van der Waals surface area contributed by atoms with E-state index < -0.39 is 5.82 Å². The summed E-state index contributed by atoms with van der Waals surface area (Å²) in [6.45, 7) is 4.03. The van der Waals surface area contributed by atoms with Gasteiger partial charge in [0, 0.05) is 11.5 Å². The summed E-state index contributed by atoms with van der Waals surface area (Å²) < 4.78 is 14.9. The van der Waals surface area contributed by atoms with Crippen molar-refractivity contribution in [1.82, 2.24) is 25.2 Å².